The van der Waals surface area contributed by atoms with E-state index in [1.807, 2.05) is 72.8 Å². The summed E-state index contributed by atoms with van der Waals surface area (Å²) in [7, 11) is 0. The number of hydrogen-bond acceptors (Lipinski definition) is 5. The van der Waals surface area contributed by atoms with Gasteiger partial charge in [-0.3, -0.25) is 0 Å². The Morgan fingerprint density at radius 1 is 0.512 bits per heavy atom. The summed E-state index contributed by atoms with van der Waals surface area (Å²) >= 11 is 0. The molecule has 0 fully saturated rings. The molecule has 5 nitrogen and oxygen atoms in total. The van der Waals surface area contributed by atoms with Crippen LogP contribution in [0.1, 0.15) is 22.9 Å². The number of oxazole rings is 1. The summed E-state index contributed by atoms with van der Waals surface area (Å²) < 4.78 is 6.33. The molecule has 8 rings (SSSR count). The van der Waals surface area contributed by atoms with E-state index in [1.165, 1.54) is 0 Å². The molecule has 0 amide bonds. The van der Waals surface area contributed by atoms with Crippen molar-refractivity contribution in [3.63, 3.8) is 0 Å². The maximum absolute atomic E-state index is 6.33. The maximum Gasteiger partial charge on any atom is 0.227 e. The molecule has 204 valence electrons. The molecular weight excluding hydrogens is 528 g/mol. The first-order valence-electron chi connectivity index (χ1n) is 14.3. The molecule has 0 saturated carbocycles. The predicted molar refractivity (Wildman–Crippen MR) is 174 cm³/mol. The molecule has 0 saturated heterocycles. The Morgan fingerprint density at radius 3 is 1.88 bits per heavy atom. The second-order valence-electron chi connectivity index (χ2n) is 10.5. The number of hydrogen-bond donors (Lipinski definition) is 1. The molecule has 1 aromatic heterocycles. The van der Waals surface area contributed by atoms with Crippen molar-refractivity contribution in [2.24, 2.45) is 9.98 Å². The number of aliphatic imine (C=N–C) groups is 2. The molecule has 43 heavy (non-hydrogen) atoms. The summed E-state index contributed by atoms with van der Waals surface area (Å²) in [5.41, 5.74) is 7.84. The van der Waals surface area contributed by atoms with Gasteiger partial charge in [-0.2, -0.15) is 0 Å². The van der Waals surface area contributed by atoms with Gasteiger partial charge < -0.3 is 9.73 Å². The highest BCUT2D eigenvalue weighted by Crippen LogP contribution is 2.33. The van der Waals surface area contributed by atoms with E-state index in [-0.39, 0.29) is 6.17 Å². The summed E-state index contributed by atoms with van der Waals surface area (Å²) in [6, 6.07) is 49.5. The Balaban J connectivity index is 1.19. The minimum atomic E-state index is -0.337. The van der Waals surface area contributed by atoms with E-state index >= 15 is 0 Å². The van der Waals surface area contributed by atoms with Crippen molar-refractivity contribution in [2.45, 2.75) is 6.17 Å². The molecule has 5 heteroatoms. The van der Waals surface area contributed by atoms with Crippen molar-refractivity contribution in [3.05, 3.63) is 162 Å². The van der Waals surface area contributed by atoms with Crippen molar-refractivity contribution < 1.29 is 4.42 Å². The smallest absolute Gasteiger partial charge is 0.227 e. The van der Waals surface area contributed by atoms with Crippen LogP contribution in [-0.4, -0.2) is 16.7 Å². The SMILES string of the molecule is c1ccc(C2=NC(c3ccccc3)N=C(c3cccc(-c4ccc5ccc6nc(-c7ccccc7)oc6c5c4)c3)N2)cc1. The fraction of sp³-hybridized carbons (Fsp3) is 0.0263. The molecule has 1 unspecified atom stereocenters. The molecule has 1 aliphatic heterocycles. The van der Waals surface area contributed by atoms with Crippen LogP contribution in [0.15, 0.2) is 160 Å². The number of nitrogens with zero attached hydrogens (tertiary/aromatic N) is 3. The highest BCUT2D eigenvalue weighted by molar-refractivity contribution is 6.16. The number of fused-ring (bicyclic) bond motifs is 3. The molecule has 6 aromatic carbocycles. The zero-order valence-corrected chi connectivity index (χ0v) is 23.2. The quantitative estimate of drug-likeness (QED) is 0.231. The van der Waals surface area contributed by atoms with E-state index in [2.05, 4.69) is 78.1 Å². The summed E-state index contributed by atoms with van der Waals surface area (Å²) in [6.07, 6.45) is -0.337. The van der Waals surface area contributed by atoms with Gasteiger partial charge in [0, 0.05) is 22.1 Å². The number of rotatable bonds is 5. The second kappa shape index (κ2) is 10.5. The summed E-state index contributed by atoms with van der Waals surface area (Å²) in [5.74, 6) is 2.22. The van der Waals surface area contributed by atoms with Crippen molar-refractivity contribution >= 4 is 33.5 Å². The molecule has 0 spiro atoms. The van der Waals surface area contributed by atoms with Crippen LogP contribution >= 0.6 is 0 Å². The van der Waals surface area contributed by atoms with Gasteiger partial charge in [-0.25, -0.2) is 15.0 Å². The minimum Gasteiger partial charge on any atom is -0.435 e. The van der Waals surface area contributed by atoms with Gasteiger partial charge in [-0.1, -0.05) is 115 Å². The molecule has 2 heterocycles. The van der Waals surface area contributed by atoms with E-state index in [0.717, 1.165) is 66.9 Å². The van der Waals surface area contributed by atoms with Gasteiger partial charge in [-0.05, 0) is 52.4 Å². The van der Waals surface area contributed by atoms with E-state index in [4.69, 9.17) is 19.4 Å². The first-order valence-corrected chi connectivity index (χ1v) is 14.3. The highest BCUT2D eigenvalue weighted by Gasteiger charge is 2.21. The van der Waals surface area contributed by atoms with E-state index in [1.54, 1.807) is 0 Å². The first-order chi connectivity index (χ1) is 21.3. The third kappa shape index (κ3) is 4.77. The topological polar surface area (TPSA) is 62.8 Å². The zero-order valence-electron chi connectivity index (χ0n) is 23.2. The normalized spacial score (nSPS) is 14.7. The number of benzene rings is 6. The third-order valence-corrected chi connectivity index (χ3v) is 7.75. The monoisotopic (exact) mass is 554 g/mol. The second-order valence-corrected chi connectivity index (χ2v) is 10.5. The molecule has 0 aliphatic carbocycles. The van der Waals surface area contributed by atoms with Crippen molar-refractivity contribution in [1.29, 1.82) is 0 Å². The lowest BCUT2D eigenvalue weighted by atomic mass is 9.98. The Kier molecular flexibility index (Phi) is 6.12. The molecule has 7 aromatic rings. The van der Waals surface area contributed by atoms with E-state index < -0.39 is 0 Å². The van der Waals surface area contributed by atoms with Gasteiger partial charge in [0.05, 0.1) is 0 Å². The van der Waals surface area contributed by atoms with Crippen LogP contribution in [0.4, 0.5) is 0 Å². The number of nitrogens with one attached hydrogen (secondary N) is 1. The lowest BCUT2D eigenvalue weighted by Crippen LogP contribution is -2.36. The molecular formula is C38H26N4O. The van der Waals surface area contributed by atoms with Crippen LogP contribution in [0.25, 0.3) is 44.5 Å². The van der Waals surface area contributed by atoms with Crippen LogP contribution in [-0.2, 0) is 0 Å². The fourth-order valence-corrected chi connectivity index (χ4v) is 5.55. The Morgan fingerprint density at radius 2 is 1.12 bits per heavy atom. The molecule has 1 aliphatic rings. The van der Waals surface area contributed by atoms with Crippen molar-refractivity contribution in [3.8, 4) is 22.6 Å². The molecule has 1 N–H and O–H groups in total. The molecule has 0 bridgehead atoms. The van der Waals surface area contributed by atoms with E-state index in [9.17, 15) is 0 Å². The van der Waals surface area contributed by atoms with Crippen molar-refractivity contribution in [2.75, 3.05) is 0 Å². The van der Waals surface area contributed by atoms with Crippen LogP contribution in [0.3, 0.4) is 0 Å². The molecule has 1 atom stereocenters. The average molecular weight is 555 g/mol. The summed E-state index contributed by atoms with van der Waals surface area (Å²) in [5, 5.41) is 5.65. The van der Waals surface area contributed by atoms with Gasteiger partial charge in [0.1, 0.15) is 17.2 Å². The number of aromatic nitrogens is 1. The van der Waals surface area contributed by atoms with Crippen molar-refractivity contribution in [1.82, 2.24) is 10.3 Å². The van der Waals surface area contributed by atoms with E-state index in [0.29, 0.717) is 5.89 Å². The Labute approximate surface area is 248 Å². The third-order valence-electron chi connectivity index (χ3n) is 7.75. The Hall–Kier alpha value is -5.81. The minimum absolute atomic E-state index is 0.337. The Bertz CT molecular complexity index is 2150. The number of amidine groups is 2. The maximum atomic E-state index is 6.33. The van der Waals surface area contributed by atoms with Crippen LogP contribution < -0.4 is 5.32 Å². The average Bonchev–Trinajstić information content (AvgIpc) is 3.54. The standard InChI is InChI=1S/C38H26N4O/c1-4-11-26(12-5-1)35-40-36(27-13-6-2-7-14-27)42-37(41-35)31-18-10-17-29(23-31)30-20-19-25-21-22-33-34(32(25)24-30)43-38(39-33)28-15-8-3-9-16-28/h1-24,35H,(H,40,41,42). The highest BCUT2D eigenvalue weighted by atomic mass is 16.3. The van der Waals surface area contributed by atoms with Gasteiger partial charge in [0.2, 0.25) is 5.89 Å². The van der Waals surface area contributed by atoms with Crippen LogP contribution in [0.2, 0.25) is 0 Å². The van der Waals surface area contributed by atoms with Gasteiger partial charge in [-0.15, -0.1) is 0 Å². The van der Waals surface area contributed by atoms with Gasteiger partial charge in [0.25, 0.3) is 0 Å². The summed E-state index contributed by atoms with van der Waals surface area (Å²) in [6.45, 7) is 0. The van der Waals surface area contributed by atoms with Gasteiger partial charge in [0.15, 0.2) is 11.7 Å². The zero-order chi connectivity index (χ0) is 28.6. The summed E-state index contributed by atoms with van der Waals surface area (Å²) in [4.78, 5) is 14.8. The lowest BCUT2D eigenvalue weighted by Gasteiger charge is -2.22. The fourth-order valence-electron chi connectivity index (χ4n) is 5.55. The van der Waals surface area contributed by atoms with Crippen LogP contribution in [0.5, 0.6) is 0 Å². The van der Waals surface area contributed by atoms with Gasteiger partial charge >= 0.3 is 0 Å². The largest absolute Gasteiger partial charge is 0.435 e. The lowest BCUT2D eigenvalue weighted by molar-refractivity contribution is 0.623. The van der Waals surface area contributed by atoms with Crippen LogP contribution in [0, 0.1) is 0 Å². The molecule has 0 radical (unpaired) electrons. The predicted octanol–water partition coefficient (Wildman–Crippen LogP) is 8.81. The first kappa shape index (κ1) is 24.9.